The van der Waals surface area contributed by atoms with Crippen molar-refractivity contribution in [1.82, 2.24) is 0 Å². The van der Waals surface area contributed by atoms with Crippen molar-refractivity contribution in [2.75, 3.05) is 27.9 Å². The highest BCUT2D eigenvalue weighted by atomic mass is 32.2. The van der Waals surface area contributed by atoms with E-state index in [2.05, 4.69) is 0 Å². The van der Waals surface area contributed by atoms with Gasteiger partial charge in [0.15, 0.2) is 9.84 Å². The molecule has 0 radical (unpaired) electrons. The first-order valence-electron chi connectivity index (χ1n) is 9.02. The van der Waals surface area contributed by atoms with Gasteiger partial charge in [0.2, 0.25) is 0 Å². The van der Waals surface area contributed by atoms with Gasteiger partial charge >= 0.3 is 6.03 Å². The van der Waals surface area contributed by atoms with E-state index in [1.807, 2.05) is 50.2 Å². The molecule has 2 unspecified atom stereocenters. The molecule has 7 heteroatoms. The van der Waals surface area contributed by atoms with Crippen LogP contribution in [0, 0.1) is 6.92 Å². The maximum absolute atomic E-state index is 13.3. The number of ether oxygens (including phenoxy) is 1. The molecule has 6 nitrogen and oxygen atoms in total. The third-order valence-corrected chi connectivity index (χ3v) is 6.77. The van der Waals surface area contributed by atoms with Gasteiger partial charge in [0.05, 0.1) is 30.2 Å². The molecular formula is C20H22N2O4S. The third-order valence-electron chi connectivity index (χ3n) is 5.07. The number of carbonyl (C=O) groups excluding carboxylic acids is 1. The third kappa shape index (κ3) is 3.16. The van der Waals surface area contributed by atoms with Crippen LogP contribution in [0.5, 0.6) is 5.75 Å². The first kappa shape index (κ1) is 17.9. The lowest BCUT2D eigenvalue weighted by atomic mass is 10.1. The van der Waals surface area contributed by atoms with Gasteiger partial charge in [-0.3, -0.25) is 9.80 Å². The number of hydrogen-bond acceptors (Lipinski definition) is 4. The number of nitrogens with zero attached hydrogens (tertiary/aromatic N) is 2. The SMILES string of the molecule is CCOc1ccc(N2C(=O)N(c3cccc(C)c3)C3CS(=O)(=O)CC32)cc1. The summed E-state index contributed by atoms with van der Waals surface area (Å²) in [5.41, 5.74) is 2.45. The van der Waals surface area contributed by atoms with E-state index in [0.29, 0.717) is 12.3 Å². The number of urea groups is 1. The van der Waals surface area contributed by atoms with Gasteiger partial charge in [-0.2, -0.15) is 0 Å². The predicted octanol–water partition coefficient (Wildman–Crippen LogP) is 3.01. The predicted molar refractivity (Wildman–Crippen MR) is 105 cm³/mol. The van der Waals surface area contributed by atoms with Crippen molar-refractivity contribution in [3.8, 4) is 5.75 Å². The van der Waals surface area contributed by atoms with Crippen molar-refractivity contribution in [2.24, 2.45) is 0 Å². The van der Waals surface area contributed by atoms with Crippen molar-refractivity contribution >= 4 is 27.2 Å². The fraction of sp³-hybridized carbons (Fsp3) is 0.350. The van der Waals surface area contributed by atoms with E-state index >= 15 is 0 Å². The molecule has 2 saturated heterocycles. The largest absolute Gasteiger partial charge is 0.494 e. The number of hydrogen-bond donors (Lipinski definition) is 0. The topological polar surface area (TPSA) is 66.9 Å². The smallest absolute Gasteiger partial charge is 0.329 e. The van der Waals surface area contributed by atoms with Gasteiger partial charge < -0.3 is 4.74 Å². The van der Waals surface area contributed by atoms with Crippen LogP contribution in [0.15, 0.2) is 48.5 Å². The number of sulfone groups is 1. The maximum Gasteiger partial charge on any atom is 0.329 e. The summed E-state index contributed by atoms with van der Waals surface area (Å²) >= 11 is 0. The lowest BCUT2D eigenvalue weighted by Crippen LogP contribution is -2.37. The van der Waals surface area contributed by atoms with Crippen LogP contribution in [0.1, 0.15) is 12.5 Å². The Hall–Kier alpha value is -2.54. The Bertz CT molecular complexity index is 972. The standard InChI is InChI=1S/C20H22N2O4S/c1-3-26-17-9-7-15(8-10-17)21-18-12-27(24,25)13-19(18)22(20(21)23)16-6-4-5-14(2)11-16/h4-11,18-19H,3,12-13H2,1-2H3. The van der Waals surface area contributed by atoms with Gasteiger partial charge in [0, 0.05) is 11.4 Å². The lowest BCUT2D eigenvalue weighted by molar-refractivity contribution is 0.255. The van der Waals surface area contributed by atoms with Crippen LogP contribution >= 0.6 is 0 Å². The fourth-order valence-electron chi connectivity index (χ4n) is 3.95. The molecule has 2 atom stereocenters. The van der Waals surface area contributed by atoms with E-state index in [1.165, 1.54) is 0 Å². The van der Waals surface area contributed by atoms with Gasteiger partial charge in [-0.25, -0.2) is 13.2 Å². The van der Waals surface area contributed by atoms with Crippen molar-refractivity contribution in [1.29, 1.82) is 0 Å². The van der Waals surface area contributed by atoms with Crippen molar-refractivity contribution in [2.45, 2.75) is 25.9 Å². The number of benzene rings is 2. The molecule has 2 aromatic carbocycles. The van der Waals surface area contributed by atoms with Crippen molar-refractivity contribution < 1.29 is 17.9 Å². The second-order valence-corrected chi connectivity index (χ2v) is 9.15. The van der Waals surface area contributed by atoms with E-state index in [-0.39, 0.29) is 29.6 Å². The second kappa shape index (κ2) is 6.56. The number of carbonyl (C=O) groups is 1. The van der Waals surface area contributed by atoms with Crippen molar-refractivity contribution in [3.05, 3.63) is 54.1 Å². The average Bonchev–Trinajstić information content (AvgIpc) is 3.04. The fourth-order valence-corrected chi connectivity index (χ4v) is 5.87. The first-order chi connectivity index (χ1) is 12.9. The Morgan fingerprint density at radius 1 is 1.00 bits per heavy atom. The highest BCUT2D eigenvalue weighted by Crippen LogP contribution is 2.38. The number of amides is 2. The molecule has 0 spiro atoms. The molecule has 0 saturated carbocycles. The highest BCUT2D eigenvalue weighted by molar-refractivity contribution is 7.91. The minimum atomic E-state index is -3.20. The Labute approximate surface area is 159 Å². The Balaban J connectivity index is 1.74. The summed E-state index contributed by atoms with van der Waals surface area (Å²) in [5.74, 6) is 0.697. The van der Waals surface area contributed by atoms with Gasteiger partial charge in [-0.1, -0.05) is 12.1 Å². The molecule has 0 aliphatic carbocycles. The quantitative estimate of drug-likeness (QED) is 0.758. The van der Waals surface area contributed by atoms with Crippen LogP contribution in [0.4, 0.5) is 16.2 Å². The number of fused-ring (bicyclic) bond motifs is 1. The molecule has 0 N–H and O–H groups in total. The summed E-state index contributed by atoms with van der Waals surface area (Å²) in [4.78, 5) is 16.5. The summed E-state index contributed by atoms with van der Waals surface area (Å²) in [5, 5.41) is 0. The molecule has 27 heavy (non-hydrogen) atoms. The summed E-state index contributed by atoms with van der Waals surface area (Å²) in [7, 11) is -3.20. The molecule has 4 rings (SSSR count). The molecule has 0 aromatic heterocycles. The summed E-state index contributed by atoms with van der Waals surface area (Å²) in [6, 6.07) is 13.9. The van der Waals surface area contributed by atoms with Gasteiger partial charge in [0.25, 0.3) is 0 Å². The molecular weight excluding hydrogens is 364 g/mol. The van der Waals surface area contributed by atoms with Crippen LogP contribution in [0.3, 0.4) is 0 Å². The van der Waals surface area contributed by atoms with E-state index < -0.39 is 9.84 Å². The Morgan fingerprint density at radius 2 is 1.63 bits per heavy atom. The van der Waals surface area contributed by atoms with Crippen LogP contribution in [0.2, 0.25) is 0 Å². The molecule has 2 amide bonds. The normalized spacial score (nSPS) is 23.6. The van der Waals surface area contributed by atoms with Crippen LogP contribution < -0.4 is 14.5 Å². The van der Waals surface area contributed by atoms with Crippen LogP contribution in [-0.2, 0) is 9.84 Å². The number of anilines is 2. The second-order valence-electron chi connectivity index (χ2n) is 7.00. The minimum Gasteiger partial charge on any atom is -0.494 e. The van der Waals surface area contributed by atoms with Gasteiger partial charge in [-0.15, -0.1) is 0 Å². The first-order valence-corrected chi connectivity index (χ1v) is 10.8. The zero-order chi connectivity index (χ0) is 19.2. The molecule has 0 bridgehead atoms. The Kier molecular flexibility index (Phi) is 4.34. The van der Waals surface area contributed by atoms with Crippen molar-refractivity contribution in [3.63, 3.8) is 0 Å². The van der Waals surface area contributed by atoms with E-state index in [0.717, 1.165) is 17.0 Å². The molecule has 142 valence electrons. The van der Waals surface area contributed by atoms with E-state index in [9.17, 15) is 13.2 Å². The molecule has 2 aliphatic heterocycles. The monoisotopic (exact) mass is 386 g/mol. The van der Waals surface area contributed by atoms with Gasteiger partial charge in [-0.05, 0) is 55.8 Å². The zero-order valence-corrected chi connectivity index (χ0v) is 16.1. The maximum atomic E-state index is 13.3. The number of rotatable bonds is 4. The number of aryl methyl sites for hydroxylation is 1. The summed E-state index contributed by atoms with van der Waals surface area (Å²) < 4.78 is 30.1. The van der Waals surface area contributed by atoms with Crippen LogP contribution in [0.25, 0.3) is 0 Å². The van der Waals surface area contributed by atoms with Crippen LogP contribution in [-0.4, -0.2) is 44.6 Å². The highest BCUT2D eigenvalue weighted by Gasteiger charge is 2.54. The van der Waals surface area contributed by atoms with E-state index in [4.69, 9.17) is 4.74 Å². The molecule has 2 fully saturated rings. The summed E-state index contributed by atoms with van der Waals surface area (Å²) in [6.45, 7) is 4.43. The minimum absolute atomic E-state index is 0.00905. The molecule has 2 heterocycles. The average molecular weight is 386 g/mol. The summed E-state index contributed by atoms with van der Waals surface area (Å²) in [6.07, 6.45) is 0. The van der Waals surface area contributed by atoms with Gasteiger partial charge in [0.1, 0.15) is 5.75 Å². The molecule has 2 aromatic rings. The van der Waals surface area contributed by atoms with E-state index in [1.54, 1.807) is 21.9 Å². The molecule has 2 aliphatic rings. The lowest BCUT2D eigenvalue weighted by Gasteiger charge is -2.23. The Morgan fingerprint density at radius 3 is 2.22 bits per heavy atom. The zero-order valence-electron chi connectivity index (χ0n) is 15.3.